The number of esters is 1. The van der Waals surface area contributed by atoms with E-state index in [-0.39, 0.29) is 45.4 Å². The summed E-state index contributed by atoms with van der Waals surface area (Å²) in [4.78, 5) is 41.4. The van der Waals surface area contributed by atoms with Gasteiger partial charge in [0.05, 0.1) is 5.41 Å². The minimum Gasteiger partial charge on any atom is -0.458 e. The van der Waals surface area contributed by atoms with Crippen molar-refractivity contribution in [1.29, 1.82) is 0 Å². The first-order chi connectivity index (χ1) is 20.7. The Morgan fingerprint density at radius 1 is 0.933 bits per heavy atom. The molecule has 0 heterocycles. The largest absolute Gasteiger partial charge is 0.458 e. The standard InChI is InChI=1S/C40H65NO4/c1-13-25(4)32(33(43)45-35(5,6)7)41-34(44)40-21-16-26(24(2)3)31(40)27-14-15-29-37(10)19-18-30(42)36(8,9)28(37)17-20-39(29,12)38(27,11)22-23-40/h25-29,31-32H,2,13-23H2,1,3-12H3,(H,41,44)/t25-,26+,27-,28-,29-,31+,32+,37+,38-,39-,40+/m1/s1. The Morgan fingerprint density at radius 2 is 1.60 bits per heavy atom. The maximum absolute atomic E-state index is 14.8. The van der Waals surface area contributed by atoms with E-state index in [9.17, 15) is 14.4 Å². The number of fused-ring (bicyclic) bond motifs is 7. The highest BCUT2D eigenvalue weighted by Crippen LogP contribution is 2.77. The molecule has 45 heavy (non-hydrogen) atoms. The third-order valence-electron chi connectivity index (χ3n) is 15.4. The maximum atomic E-state index is 14.8. The van der Waals surface area contributed by atoms with Gasteiger partial charge in [-0.15, -0.1) is 0 Å². The summed E-state index contributed by atoms with van der Waals surface area (Å²) in [5, 5.41) is 3.34. The Kier molecular flexibility index (Phi) is 8.64. The van der Waals surface area contributed by atoms with Crippen LogP contribution in [0.1, 0.15) is 147 Å². The van der Waals surface area contributed by atoms with E-state index >= 15 is 0 Å². The molecule has 0 aliphatic heterocycles. The molecular formula is C40H65NO4. The van der Waals surface area contributed by atoms with Gasteiger partial charge in [-0.3, -0.25) is 9.59 Å². The first-order valence-corrected chi connectivity index (χ1v) is 18.4. The number of amides is 1. The minimum atomic E-state index is -0.644. The van der Waals surface area contributed by atoms with Crippen LogP contribution in [0, 0.1) is 62.6 Å². The molecule has 0 unspecified atom stereocenters. The molecule has 0 saturated heterocycles. The lowest BCUT2D eigenvalue weighted by Gasteiger charge is -2.72. The second-order valence-corrected chi connectivity index (χ2v) is 18.9. The molecule has 1 amide bonds. The molecule has 0 aromatic heterocycles. The zero-order valence-corrected chi connectivity index (χ0v) is 30.7. The number of carbonyl (C=O) groups is 3. The average molecular weight is 624 g/mol. The second-order valence-electron chi connectivity index (χ2n) is 18.9. The molecule has 0 aromatic carbocycles. The Hall–Kier alpha value is -1.65. The third-order valence-corrected chi connectivity index (χ3v) is 15.4. The van der Waals surface area contributed by atoms with Crippen LogP contribution in [-0.2, 0) is 19.1 Å². The van der Waals surface area contributed by atoms with Crippen molar-refractivity contribution in [2.45, 2.75) is 158 Å². The molecule has 1 N–H and O–H groups in total. The van der Waals surface area contributed by atoms with E-state index in [4.69, 9.17) is 4.74 Å². The average Bonchev–Trinajstić information content (AvgIpc) is 3.34. The van der Waals surface area contributed by atoms with Crippen molar-refractivity contribution in [1.82, 2.24) is 5.32 Å². The van der Waals surface area contributed by atoms with Gasteiger partial charge in [-0.2, -0.15) is 0 Å². The van der Waals surface area contributed by atoms with Crippen LogP contribution < -0.4 is 5.32 Å². The highest BCUT2D eigenvalue weighted by molar-refractivity contribution is 5.89. The summed E-state index contributed by atoms with van der Waals surface area (Å²) in [6.07, 6.45) is 10.9. The van der Waals surface area contributed by atoms with E-state index in [0.717, 1.165) is 51.4 Å². The predicted octanol–water partition coefficient (Wildman–Crippen LogP) is 9.09. The highest BCUT2D eigenvalue weighted by Gasteiger charge is 2.72. The number of hydrogen-bond donors (Lipinski definition) is 1. The number of hydrogen-bond acceptors (Lipinski definition) is 4. The Bertz CT molecular complexity index is 1230. The third kappa shape index (κ3) is 5.09. The van der Waals surface area contributed by atoms with Crippen molar-refractivity contribution >= 4 is 17.7 Å². The van der Waals surface area contributed by atoms with E-state index in [1.54, 1.807) is 0 Å². The van der Waals surface area contributed by atoms with E-state index < -0.39 is 17.1 Å². The van der Waals surface area contributed by atoms with Gasteiger partial charge in [-0.25, -0.2) is 4.79 Å². The van der Waals surface area contributed by atoms with Gasteiger partial charge < -0.3 is 10.1 Å². The Balaban J connectivity index is 1.50. The van der Waals surface area contributed by atoms with E-state index in [1.165, 1.54) is 18.4 Å². The second kappa shape index (κ2) is 11.2. The van der Waals surface area contributed by atoms with Gasteiger partial charge in [0.25, 0.3) is 0 Å². The van der Waals surface area contributed by atoms with Crippen molar-refractivity contribution < 1.29 is 19.1 Å². The fourth-order valence-corrected chi connectivity index (χ4v) is 12.7. The SMILES string of the molecule is C=C(C)[C@@H]1CC[C@]2(C(=O)N[C@H](C(=O)OC(C)(C)C)[C@H](C)CC)CC[C@]3(C)[C@H](CC[C@@H]4[C@@]5(C)CCC(=O)C(C)(C)[C@H]5CC[C@]43C)[C@H]12. The molecule has 11 atom stereocenters. The summed E-state index contributed by atoms with van der Waals surface area (Å²) in [7, 11) is 0. The highest BCUT2D eigenvalue weighted by atomic mass is 16.6. The predicted molar refractivity (Wildman–Crippen MR) is 181 cm³/mol. The molecule has 0 spiro atoms. The van der Waals surface area contributed by atoms with Crippen LogP contribution in [-0.4, -0.2) is 29.3 Å². The van der Waals surface area contributed by atoms with Gasteiger partial charge in [-0.1, -0.05) is 67.0 Å². The maximum Gasteiger partial charge on any atom is 0.329 e. The lowest BCUT2D eigenvalue weighted by Crippen LogP contribution is -2.67. The van der Waals surface area contributed by atoms with Crippen LogP contribution in [0.25, 0.3) is 0 Å². The zero-order chi connectivity index (χ0) is 33.5. The summed E-state index contributed by atoms with van der Waals surface area (Å²) in [6, 6.07) is -0.644. The van der Waals surface area contributed by atoms with Crippen LogP contribution >= 0.6 is 0 Å². The fraction of sp³-hybridized carbons (Fsp3) is 0.875. The number of rotatable bonds is 6. The number of Topliss-reactive ketones (excluding diaryl/α,β-unsaturated/α-hetero) is 1. The van der Waals surface area contributed by atoms with Crippen molar-refractivity contribution in [3.05, 3.63) is 12.2 Å². The number of ether oxygens (including phenoxy) is 1. The first kappa shape index (κ1) is 34.7. The number of ketones is 1. The monoisotopic (exact) mass is 623 g/mol. The van der Waals surface area contributed by atoms with Crippen molar-refractivity contribution in [3.8, 4) is 0 Å². The molecule has 0 bridgehead atoms. The summed E-state index contributed by atoms with van der Waals surface area (Å²) >= 11 is 0. The molecule has 5 aliphatic rings. The molecule has 5 rings (SSSR count). The topological polar surface area (TPSA) is 72.5 Å². The van der Waals surface area contributed by atoms with Crippen LogP contribution in [0.2, 0.25) is 0 Å². The zero-order valence-electron chi connectivity index (χ0n) is 30.7. The Labute approximate surface area is 274 Å². The number of nitrogens with one attached hydrogen (secondary N) is 1. The van der Waals surface area contributed by atoms with Crippen molar-refractivity contribution in [3.63, 3.8) is 0 Å². The summed E-state index contributed by atoms with van der Waals surface area (Å²) in [6.45, 7) is 28.6. The normalized spacial score (nSPS) is 43.5. The molecule has 0 aromatic rings. The van der Waals surface area contributed by atoms with Gasteiger partial charge >= 0.3 is 5.97 Å². The van der Waals surface area contributed by atoms with Crippen LogP contribution in [0.4, 0.5) is 0 Å². The smallest absolute Gasteiger partial charge is 0.329 e. The van der Waals surface area contributed by atoms with Gasteiger partial charge in [0.2, 0.25) is 5.91 Å². The van der Waals surface area contributed by atoms with Gasteiger partial charge in [-0.05, 0) is 137 Å². The number of carbonyl (C=O) groups excluding carboxylic acids is 3. The number of allylic oxidation sites excluding steroid dienone is 1. The van der Waals surface area contributed by atoms with E-state index in [1.807, 2.05) is 27.7 Å². The molecular weight excluding hydrogens is 558 g/mol. The Morgan fingerprint density at radius 3 is 2.20 bits per heavy atom. The lowest BCUT2D eigenvalue weighted by molar-refractivity contribution is -0.233. The molecule has 5 saturated carbocycles. The van der Waals surface area contributed by atoms with Crippen molar-refractivity contribution in [2.75, 3.05) is 0 Å². The lowest BCUT2D eigenvalue weighted by atomic mass is 9.32. The molecule has 5 fully saturated rings. The summed E-state index contributed by atoms with van der Waals surface area (Å²) < 4.78 is 5.84. The molecule has 5 aliphatic carbocycles. The molecule has 5 heteroatoms. The van der Waals surface area contributed by atoms with E-state index in [0.29, 0.717) is 35.9 Å². The summed E-state index contributed by atoms with van der Waals surface area (Å²) in [5.74, 6) is 2.22. The van der Waals surface area contributed by atoms with Crippen molar-refractivity contribution in [2.24, 2.45) is 62.6 Å². The minimum absolute atomic E-state index is 0.0113. The first-order valence-electron chi connectivity index (χ1n) is 18.4. The van der Waals surface area contributed by atoms with Crippen LogP contribution in [0.15, 0.2) is 12.2 Å². The molecule has 5 nitrogen and oxygen atoms in total. The molecule has 0 radical (unpaired) electrons. The van der Waals surface area contributed by atoms with Gasteiger partial charge in [0.1, 0.15) is 17.4 Å². The fourth-order valence-electron chi connectivity index (χ4n) is 12.7. The summed E-state index contributed by atoms with van der Waals surface area (Å²) in [5.41, 5.74) is 0.323. The van der Waals surface area contributed by atoms with Crippen LogP contribution in [0.5, 0.6) is 0 Å². The quantitative estimate of drug-likeness (QED) is 0.237. The van der Waals surface area contributed by atoms with Crippen LogP contribution in [0.3, 0.4) is 0 Å². The molecule has 254 valence electrons. The van der Waals surface area contributed by atoms with E-state index in [2.05, 4.69) is 60.4 Å². The van der Waals surface area contributed by atoms with Gasteiger partial charge in [0, 0.05) is 11.8 Å². The van der Waals surface area contributed by atoms with Gasteiger partial charge in [0.15, 0.2) is 0 Å².